The van der Waals surface area contributed by atoms with Crippen LogP contribution in [0.2, 0.25) is 0 Å². The Morgan fingerprint density at radius 2 is 2.30 bits per heavy atom. The van der Waals surface area contributed by atoms with Crippen molar-refractivity contribution in [2.45, 2.75) is 25.8 Å². The molecule has 1 unspecified atom stereocenters. The van der Waals surface area contributed by atoms with E-state index in [0.717, 1.165) is 35.4 Å². The van der Waals surface area contributed by atoms with Crippen molar-refractivity contribution in [3.05, 3.63) is 17.8 Å². The van der Waals surface area contributed by atoms with Crippen molar-refractivity contribution >= 4 is 39.2 Å². The van der Waals surface area contributed by atoms with Crippen molar-refractivity contribution in [3.63, 3.8) is 0 Å². The minimum atomic E-state index is -1.03. The number of aromatic nitrogens is 2. The van der Waals surface area contributed by atoms with Gasteiger partial charge < -0.3 is 15.3 Å². The Morgan fingerprint density at radius 1 is 1.48 bits per heavy atom. The number of anilines is 1. The van der Waals surface area contributed by atoms with Gasteiger partial charge in [0.15, 0.2) is 0 Å². The van der Waals surface area contributed by atoms with Gasteiger partial charge in [0, 0.05) is 13.1 Å². The molecule has 0 spiro atoms. The van der Waals surface area contributed by atoms with E-state index in [2.05, 4.69) is 20.2 Å². The topological polar surface area (TPSA) is 95.4 Å². The van der Waals surface area contributed by atoms with Crippen LogP contribution in [0, 0.1) is 5.92 Å². The number of thiophene rings is 1. The van der Waals surface area contributed by atoms with Crippen LogP contribution in [0.25, 0.3) is 10.2 Å². The fourth-order valence-corrected chi connectivity index (χ4v) is 3.53. The summed E-state index contributed by atoms with van der Waals surface area (Å²) in [5.74, 6) is -0.615. The van der Waals surface area contributed by atoms with E-state index >= 15 is 0 Å². The number of amides is 1. The van der Waals surface area contributed by atoms with Crippen molar-refractivity contribution in [3.8, 4) is 0 Å². The van der Waals surface area contributed by atoms with E-state index < -0.39 is 12.0 Å². The lowest BCUT2D eigenvalue weighted by molar-refractivity contribution is -0.142. The van der Waals surface area contributed by atoms with E-state index in [1.807, 2.05) is 11.4 Å². The zero-order valence-corrected chi connectivity index (χ0v) is 13.5. The standard InChI is InChI=1S/C15H18N4O3S/c1-9(15(21)22)18-13(20)10-3-2-5-19(7-10)12-11-4-6-23-14(11)17-8-16-12/h4,6,8-10H,2-3,5,7H2,1H3,(H,18,20)(H,21,22)/t9-,10?/m0/s1. The van der Waals surface area contributed by atoms with Crippen molar-refractivity contribution in [2.24, 2.45) is 5.92 Å². The molecule has 2 aromatic rings. The summed E-state index contributed by atoms with van der Waals surface area (Å²) in [6.45, 7) is 2.85. The highest BCUT2D eigenvalue weighted by Crippen LogP contribution is 2.29. The van der Waals surface area contributed by atoms with E-state index in [1.165, 1.54) is 6.92 Å². The molecular weight excluding hydrogens is 316 g/mol. The number of nitrogens with zero attached hydrogens (tertiary/aromatic N) is 3. The molecule has 2 aromatic heterocycles. The molecular formula is C15H18N4O3S. The molecule has 0 bridgehead atoms. The zero-order valence-electron chi connectivity index (χ0n) is 12.7. The molecule has 2 atom stereocenters. The molecule has 1 saturated heterocycles. The molecule has 1 aliphatic rings. The molecule has 1 amide bonds. The van der Waals surface area contributed by atoms with Crippen LogP contribution in [-0.2, 0) is 9.59 Å². The number of hydrogen-bond donors (Lipinski definition) is 2. The fourth-order valence-electron chi connectivity index (χ4n) is 2.81. The first-order valence-corrected chi connectivity index (χ1v) is 8.40. The predicted octanol–water partition coefficient (Wildman–Crippen LogP) is 1.50. The van der Waals surface area contributed by atoms with Crippen LogP contribution in [0.15, 0.2) is 17.8 Å². The van der Waals surface area contributed by atoms with Crippen LogP contribution in [0.3, 0.4) is 0 Å². The van der Waals surface area contributed by atoms with Crippen molar-refractivity contribution in [2.75, 3.05) is 18.0 Å². The van der Waals surface area contributed by atoms with Crippen molar-refractivity contribution < 1.29 is 14.7 Å². The Hall–Kier alpha value is -2.22. The molecule has 122 valence electrons. The molecule has 0 aliphatic carbocycles. The molecule has 2 N–H and O–H groups in total. The Labute approximate surface area is 137 Å². The second-order valence-electron chi connectivity index (χ2n) is 5.69. The Bertz CT molecular complexity index is 732. The Balaban J connectivity index is 1.74. The van der Waals surface area contributed by atoms with E-state index in [4.69, 9.17) is 5.11 Å². The summed E-state index contributed by atoms with van der Waals surface area (Å²) in [6, 6.07) is 1.12. The minimum Gasteiger partial charge on any atom is -0.480 e. The number of carbonyl (C=O) groups is 2. The zero-order chi connectivity index (χ0) is 16.4. The second-order valence-corrected chi connectivity index (χ2v) is 6.58. The summed E-state index contributed by atoms with van der Waals surface area (Å²) in [5.41, 5.74) is 0. The highest BCUT2D eigenvalue weighted by atomic mass is 32.1. The van der Waals surface area contributed by atoms with E-state index in [9.17, 15) is 9.59 Å². The number of carboxylic acid groups (broad SMARTS) is 1. The van der Waals surface area contributed by atoms with Gasteiger partial charge in [0.25, 0.3) is 0 Å². The third-order valence-electron chi connectivity index (χ3n) is 4.06. The largest absolute Gasteiger partial charge is 0.480 e. The predicted molar refractivity (Wildman–Crippen MR) is 87.6 cm³/mol. The van der Waals surface area contributed by atoms with Gasteiger partial charge >= 0.3 is 5.97 Å². The highest BCUT2D eigenvalue weighted by Gasteiger charge is 2.29. The minimum absolute atomic E-state index is 0.208. The first-order chi connectivity index (χ1) is 11.1. The van der Waals surface area contributed by atoms with Gasteiger partial charge in [0.2, 0.25) is 5.91 Å². The summed E-state index contributed by atoms with van der Waals surface area (Å²) in [7, 11) is 0. The van der Waals surface area contributed by atoms with Gasteiger partial charge in [-0.25, -0.2) is 9.97 Å². The smallest absolute Gasteiger partial charge is 0.325 e. The maximum absolute atomic E-state index is 12.3. The van der Waals surface area contributed by atoms with Gasteiger partial charge in [0.05, 0.1) is 11.3 Å². The first kappa shape index (κ1) is 15.7. The number of fused-ring (bicyclic) bond motifs is 1. The number of nitrogens with one attached hydrogen (secondary N) is 1. The van der Waals surface area contributed by atoms with E-state index in [0.29, 0.717) is 6.54 Å². The monoisotopic (exact) mass is 334 g/mol. The Morgan fingerprint density at radius 3 is 3.09 bits per heavy atom. The van der Waals surface area contributed by atoms with Crippen LogP contribution in [0.5, 0.6) is 0 Å². The van der Waals surface area contributed by atoms with Crippen LogP contribution in [0.4, 0.5) is 5.82 Å². The summed E-state index contributed by atoms with van der Waals surface area (Å²) >= 11 is 1.56. The van der Waals surface area contributed by atoms with Gasteiger partial charge in [0.1, 0.15) is 23.0 Å². The summed E-state index contributed by atoms with van der Waals surface area (Å²) in [6.07, 6.45) is 3.17. The van der Waals surface area contributed by atoms with Crippen LogP contribution >= 0.6 is 11.3 Å². The third kappa shape index (κ3) is 3.26. The SMILES string of the molecule is C[C@H](NC(=O)C1CCCN(c2ncnc3sccc23)C1)C(=O)O. The Kier molecular flexibility index (Phi) is 4.42. The summed E-state index contributed by atoms with van der Waals surface area (Å²) in [4.78, 5) is 34.8. The lowest BCUT2D eigenvalue weighted by Crippen LogP contribution is -2.47. The number of carbonyl (C=O) groups excluding carboxylic acids is 1. The van der Waals surface area contributed by atoms with E-state index in [1.54, 1.807) is 17.7 Å². The number of piperidine rings is 1. The van der Waals surface area contributed by atoms with Gasteiger partial charge in [-0.05, 0) is 31.2 Å². The number of carboxylic acids is 1. The van der Waals surface area contributed by atoms with Gasteiger partial charge in [-0.15, -0.1) is 11.3 Å². The van der Waals surface area contributed by atoms with Gasteiger partial charge in [-0.2, -0.15) is 0 Å². The third-order valence-corrected chi connectivity index (χ3v) is 4.88. The number of aliphatic carboxylic acids is 1. The maximum Gasteiger partial charge on any atom is 0.325 e. The van der Waals surface area contributed by atoms with Crippen LogP contribution in [-0.4, -0.2) is 46.1 Å². The molecule has 3 rings (SSSR count). The molecule has 8 heteroatoms. The quantitative estimate of drug-likeness (QED) is 0.880. The van der Waals surface area contributed by atoms with Crippen LogP contribution < -0.4 is 10.2 Å². The molecule has 0 radical (unpaired) electrons. The molecule has 1 fully saturated rings. The first-order valence-electron chi connectivity index (χ1n) is 7.52. The molecule has 3 heterocycles. The molecule has 7 nitrogen and oxygen atoms in total. The highest BCUT2D eigenvalue weighted by molar-refractivity contribution is 7.16. The second kappa shape index (κ2) is 6.49. The molecule has 1 aliphatic heterocycles. The van der Waals surface area contributed by atoms with E-state index in [-0.39, 0.29) is 11.8 Å². The van der Waals surface area contributed by atoms with Crippen LogP contribution in [0.1, 0.15) is 19.8 Å². The lowest BCUT2D eigenvalue weighted by atomic mass is 9.96. The number of hydrogen-bond acceptors (Lipinski definition) is 6. The lowest BCUT2D eigenvalue weighted by Gasteiger charge is -2.33. The average Bonchev–Trinajstić information content (AvgIpc) is 3.03. The maximum atomic E-state index is 12.3. The normalized spacial score (nSPS) is 19.5. The summed E-state index contributed by atoms with van der Waals surface area (Å²) < 4.78 is 0. The molecule has 0 aromatic carbocycles. The molecule has 23 heavy (non-hydrogen) atoms. The number of rotatable bonds is 4. The van der Waals surface area contributed by atoms with Gasteiger partial charge in [-0.1, -0.05) is 0 Å². The molecule has 0 saturated carbocycles. The summed E-state index contributed by atoms with van der Waals surface area (Å²) in [5, 5.41) is 14.4. The van der Waals surface area contributed by atoms with Crippen molar-refractivity contribution in [1.82, 2.24) is 15.3 Å². The fraction of sp³-hybridized carbons (Fsp3) is 0.467. The van der Waals surface area contributed by atoms with Gasteiger partial charge in [-0.3, -0.25) is 9.59 Å². The van der Waals surface area contributed by atoms with Crippen molar-refractivity contribution in [1.29, 1.82) is 0 Å². The average molecular weight is 334 g/mol.